The van der Waals surface area contributed by atoms with E-state index in [1.807, 2.05) is 24.4 Å². The molecule has 22 heavy (non-hydrogen) atoms. The van der Waals surface area contributed by atoms with Crippen molar-refractivity contribution in [3.05, 3.63) is 47.5 Å². The van der Waals surface area contributed by atoms with Crippen molar-refractivity contribution in [1.29, 1.82) is 5.26 Å². The summed E-state index contributed by atoms with van der Waals surface area (Å²) in [5.41, 5.74) is 1.67. The fraction of sp³-hybridized carbons (Fsp3) is 0.412. The van der Waals surface area contributed by atoms with Crippen molar-refractivity contribution >= 4 is 0 Å². The van der Waals surface area contributed by atoms with Gasteiger partial charge in [-0.05, 0) is 30.5 Å². The van der Waals surface area contributed by atoms with Crippen LogP contribution in [0.25, 0.3) is 0 Å². The van der Waals surface area contributed by atoms with Crippen LogP contribution < -0.4 is 10.1 Å². The molecule has 0 bridgehead atoms. The van der Waals surface area contributed by atoms with Gasteiger partial charge in [-0.15, -0.1) is 0 Å². The monoisotopic (exact) mass is 296 g/mol. The molecule has 1 aliphatic rings. The first-order valence-corrected chi connectivity index (χ1v) is 7.60. The lowest BCUT2D eigenvalue weighted by molar-refractivity contribution is 0.412. The molecule has 0 amide bonds. The summed E-state index contributed by atoms with van der Waals surface area (Å²) in [6.45, 7) is 2.73. The zero-order valence-corrected chi connectivity index (χ0v) is 12.7. The van der Waals surface area contributed by atoms with Crippen LogP contribution in [0.5, 0.6) is 5.75 Å². The van der Waals surface area contributed by atoms with Gasteiger partial charge >= 0.3 is 0 Å². The summed E-state index contributed by atoms with van der Waals surface area (Å²) in [6, 6.07) is 7.90. The highest BCUT2D eigenvalue weighted by Gasteiger charge is 2.20. The van der Waals surface area contributed by atoms with E-state index in [9.17, 15) is 0 Å². The van der Waals surface area contributed by atoms with Gasteiger partial charge < -0.3 is 14.6 Å². The lowest BCUT2D eigenvalue weighted by Crippen LogP contribution is -2.26. The van der Waals surface area contributed by atoms with Gasteiger partial charge in [0.1, 0.15) is 17.6 Å². The number of fused-ring (bicyclic) bond motifs is 1. The number of nitrogens with one attached hydrogen (secondary N) is 1. The van der Waals surface area contributed by atoms with Gasteiger partial charge in [0.15, 0.2) is 0 Å². The molecule has 0 spiro atoms. The largest absolute Gasteiger partial charge is 0.495 e. The lowest BCUT2D eigenvalue weighted by atomic mass is 9.99. The van der Waals surface area contributed by atoms with Crippen LogP contribution in [-0.2, 0) is 13.1 Å². The molecule has 1 aliphatic heterocycles. The van der Waals surface area contributed by atoms with Crippen LogP contribution in [-0.4, -0.2) is 23.2 Å². The average molecular weight is 296 g/mol. The summed E-state index contributed by atoms with van der Waals surface area (Å²) < 4.78 is 7.41. The normalized spacial score (nSPS) is 16.8. The number of hydrogen-bond donors (Lipinski definition) is 1. The maximum atomic E-state index is 9.13. The highest BCUT2D eigenvalue weighted by atomic mass is 16.5. The number of aryl methyl sites for hydroxylation is 1. The van der Waals surface area contributed by atoms with Gasteiger partial charge in [0.2, 0.25) is 0 Å². The highest BCUT2D eigenvalue weighted by Crippen LogP contribution is 2.25. The zero-order valence-electron chi connectivity index (χ0n) is 12.7. The molecule has 1 N–H and O–H groups in total. The van der Waals surface area contributed by atoms with Crippen molar-refractivity contribution in [2.75, 3.05) is 13.7 Å². The number of aromatic nitrogens is 2. The van der Waals surface area contributed by atoms with Crippen LogP contribution in [0.4, 0.5) is 0 Å². The Bertz CT molecular complexity index is 686. The average Bonchev–Trinajstić information content (AvgIpc) is 3.04. The van der Waals surface area contributed by atoms with Crippen molar-refractivity contribution in [2.45, 2.75) is 31.8 Å². The second-order valence-corrected chi connectivity index (χ2v) is 5.60. The molecule has 5 nitrogen and oxygen atoms in total. The maximum Gasteiger partial charge on any atom is 0.136 e. The van der Waals surface area contributed by atoms with E-state index >= 15 is 0 Å². The summed E-state index contributed by atoms with van der Waals surface area (Å²) in [4.78, 5) is 4.48. The van der Waals surface area contributed by atoms with E-state index in [0.29, 0.717) is 17.2 Å². The predicted molar refractivity (Wildman–Crippen MR) is 83.6 cm³/mol. The lowest BCUT2D eigenvalue weighted by Gasteiger charge is -2.23. The number of benzene rings is 1. The molecule has 2 aromatic rings. The Hall–Kier alpha value is -2.32. The number of imidazole rings is 1. The van der Waals surface area contributed by atoms with Gasteiger partial charge in [0.25, 0.3) is 0 Å². The molecule has 1 aromatic carbocycles. The first kappa shape index (κ1) is 14.6. The van der Waals surface area contributed by atoms with Gasteiger partial charge in [0.05, 0.1) is 12.7 Å². The number of nitrogens with zero attached hydrogens (tertiary/aromatic N) is 3. The number of ether oxygens (including phenoxy) is 1. The minimum Gasteiger partial charge on any atom is -0.495 e. The van der Waals surface area contributed by atoms with Crippen molar-refractivity contribution in [3.8, 4) is 11.8 Å². The Morgan fingerprint density at radius 3 is 3.23 bits per heavy atom. The minimum absolute atomic E-state index is 0.470. The third-order valence-electron chi connectivity index (χ3n) is 4.17. The first-order valence-electron chi connectivity index (χ1n) is 7.60. The van der Waals surface area contributed by atoms with Crippen molar-refractivity contribution < 1.29 is 4.74 Å². The summed E-state index contributed by atoms with van der Waals surface area (Å²) >= 11 is 0. The molecule has 0 saturated carbocycles. The van der Waals surface area contributed by atoms with Crippen LogP contribution in [0.1, 0.15) is 35.7 Å². The second kappa shape index (κ2) is 6.63. The van der Waals surface area contributed by atoms with E-state index in [4.69, 9.17) is 10.00 Å². The van der Waals surface area contributed by atoms with E-state index in [1.54, 1.807) is 7.11 Å². The van der Waals surface area contributed by atoms with Crippen LogP contribution >= 0.6 is 0 Å². The highest BCUT2D eigenvalue weighted by molar-refractivity contribution is 5.45. The third-order valence-corrected chi connectivity index (χ3v) is 4.17. The smallest absolute Gasteiger partial charge is 0.136 e. The molecule has 0 radical (unpaired) electrons. The zero-order chi connectivity index (χ0) is 15.4. The van der Waals surface area contributed by atoms with Crippen LogP contribution in [0.3, 0.4) is 0 Å². The van der Waals surface area contributed by atoms with Gasteiger partial charge in [-0.2, -0.15) is 5.26 Å². The van der Waals surface area contributed by atoms with Gasteiger partial charge in [-0.3, -0.25) is 0 Å². The van der Waals surface area contributed by atoms with Gasteiger partial charge in [-0.1, -0.05) is 6.07 Å². The second-order valence-electron chi connectivity index (χ2n) is 5.60. The van der Waals surface area contributed by atoms with E-state index in [-0.39, 0.29) is 0 Å². The molecule has 0 unspecified atom stereocenters. The Morgan fingerprint density at radius 2 is 2.41 bits per heavy atom. The van der Waals surface area contributed by atoms with Gasteiger partial charge in [-0.25, -0.2) is 4.98 Å². The summed E-state index contributed by atoms with van der Waals surface area (Å²) in [7, 11) is 1.58. The number of methoxy groups -OCH3 is 1. The molecule has 3 rings (SSSR count). The molecular formula is C17H20N4O. The van der Waals surface area contributed by atoms with E-state index in [0.717, 1.165) is 25.2 Å². The molecule has 114 valence electrons. The molecular weight excluding hydrogens is 276 g/mol. The number of nitriles is 1. The number of hydrogen-bond acceptors (Lipinski definition) is 4. The standard InChI is InChI=1S/C17H20N4O/c1-22-16-5-4-13(9-15(16)10-18)11-19-12-14-3-2-7-21-8-6-20-17(14)21/h4-6,8-9,14,19H,2-3,7,11-12H2,1H3/t14-/m1/s1. The van der Waals surface area contributed by atoms with Crippen LogP contribution in [0.15, 0.2) is 30.6 Å². The Morgan fingerprint density at radius 1 is 1.50 bits per heavy atom. The fourth-order valence-corrected chi connectivity index (χ4v) is 3.04. The van der Waals surface area contributed by atoms with E-state index < -0.39 is 0 Å². The Balaban J connectivity index is 1.59. The quantitative estimate of drug-likeness (QED) is 0.920. The van der Waals surface area contributed by atoms with E-state index in [2.05, 4.69) is 27.1 Å². The molecule has 0 fully saturated rings. The molecule has 0 aliphatic carbocycles. The Labute approximate surface area is 130 Å². The topological polar surface area (TPSA) is 62.9 Å². The fourth-order valence-electron chi connectivity index (χ4n) is 3.04. The minimum atomic E-state index is 0.470. The molecule has 2 heterocycles. The summed E-state index contributed by atoms with van der Waals surface area (Å²) in [6.07, 6.45) is 6.33. The third kappa shape index (κ3) is 2.97. The van der Waals surface area contributed by atoms with E-state index in [1.165, 1.54) is 18.7 Å². The molecule has 5 heteroatoms. The number of rotatable bonds is 5. The molecule has 0 saturated heterocycles. The predicted octanol–water partition coefficient (Wildman–Crippen LogP) is 2.43. The van der Waals surface area contributed by atoms with Crippen molar-refractivity contribution in [1.82, 2.24) is 14.9 Å². The van der Waals surface area contributed by atoms with Gasteiger partial charge in [0, 0.05) is 37.9 Å². The Kier molecular flexibility index (Phi) is 4.40. The first-order chi connectivity index (χ1) is 10.8. The van der Waals surface area contributed by atoms with Crippen LogP contribution in [0.2, 0.25) is 0 Å². The molecule has 1 aromatic heterocycles. The van der Waals surface area contributed by atoms with Crippen LogP contribution in [0, 0.1) is 11.3 Å². The summed E-state index contributed by atoms with van der Waals surface area (Å²) in [5.74, 6) is 2.28. The summed E-state index contributed by atoms with van der Waals surface area (Å²) in [5, 5.41) is 12.6. The molecule has 1 atom stereocenters. The van der Waals surface area contributed by atoms with Crippen molar-refractivity contribution in [2.24, 2.45) is 0 Å². The SMILES string of the molecule is COc1ccc(CNC[C@H]2CCCn3ccnc32)cc1C#N. The maximum absolute atomic E-state index is 9.13. The van der Waals surface area contributed by atoms with Crippen molar-refractivity contribution in [3.63, 3.8) is 0 Å².